The van der Waals surface area contributed by atoms with Crippen molar-refractivity contribution in [1.29, 1.82) is 0 Å². The van der Waals surface area contributed by atoms with Gasteiger partial charge in [-0.2, -0.15) is 0 Å². The molecule has 0 aliphatic carbocycles. The highest BCUT2D eigenvalue weighted by molar-refractivity contribution is 5.40. The molecule has 0 aromatic heterocycles. The Labute approximate surface area is 136 Å². The average Bonchev–Trinajstić information content (AvgIpc) is 2.54. The minimum atomic E-state index is -0.536. The summed E-state index contributed by atoms with van der Waals surface area (Å²) < 4.78 is 27.8. The SMILES string of the molecule is Cc1ccc(C)c(C(c2ccc(F)cc2F)N2CCNCC2)c1. The zero-order valence-electron chi connectivity index (χ0n) is 13.6. The van der Waals surface area contributed by atoms with Crippen molar-refractivity contribution in [3.05, 3.63) is 70.3 Å². The van der Waals surface area contributed by atoms with E-state index in [9.17, 15) is 8.78 Å². The first-order valence-corrected chi connectivity index (χ1v) is 8.03. The molecule has 1 N–H and O–H groups in total. The third-order valence-corrected chi connectivity index (χ3v) is 4.50. The Balaban J connectivity index is 2.11. The van der Waals surface area contributed by atoms with E-state index < -0.39 is 11.6 Å². The third-order valence-electron chi connectivity index (χ3n) is 4.50. The Kier molecular flexibility index (Phi) is 4.74. The molecule has 122 valence electrons. The van der Waals surface area contributed by atoms with Crippen LogP contribution in [0.3, 0.4) is 0 Å². The summed E-state index contributed by atoms with van der Waals surface area (Å²) in [4.78, 5) is 2.27. The molecule has 0 bridgehead atoms. The molecule has 0 amide bonds. The third kappa shape index (κ3) is 3.43. The normalized spacial score (nSPS) is 17.2. The molecular weight excluding hydrogens is 294 g/mol. The van der Waals surface area contributed by atoms with Crippen molar-refractivity contribution in [2.45, 2.75) is 19.9 Å². The maximum absolute atomic E-state index is 14.5. The molecule has 0 spiro atoms. The molecule has 2 aromatic rings. The highest BCUT2D eigenvalue weighted by Crippen LogP contribution is 2.33. The maximum Gasteiger partial charge on any atom is 0.131 e. The molecule has 1 heterocycles. The van der Waals surface area contributed by atoms with Crippen LogP contribution in [-0.2, 0) is 0 Å². The Morgan fingerprint density at radius 3 is 2.39 bits per heavy atom. The van der Waals surface area contributed by atoms with E-state index in [0.29, 0.717) is 5.56 Å². The Morgan fingerprint density at radius 1 is 0.957 bits per heavy atom. The largest absolute Gasteiger partial charge is 0.314 e. The molecule has 4 heteroatoms. The molecule has 1 atom stereocenters. The Morgan fingerprint density at radius 2 is 1.70 bits per heavy atom. The van der Waals surface area contributed by atoms with Crippen LogP contribution in [0, 0.1) is 25.5 Å². The van der Waals surface area contributed by atoms with Crippen molar-refractivity contribution in [3.63, 3.8) is 0 Å². The first kappa shape index (κ1) is 16.1. The standard InChI is InChI=1S/C19H22F2N2/c1-13-3-4-14(2)17(11-13)19(23-9-7-22-8-10-23)16-6-5-15(20)12-18(16)21/h3-6,11-12,19,22H,7-10H2,1-2H3. The predicted octanol–water partition coefficient (Wildman–Crippen LogP) is 3.58. The van der Waals surface area contributed by atoms with Crippen molar-refractivity contribution in [1.82, 2.24) is 10.2 Å². The van der Waals surface area contributed by atoms with Crippen LogP contribution in [0.4, 0.5) is 8.78 Å². The average molecular weight is 316 g/mol. The zero-order chi connectivity index (χ0) is 16.4. The van der Waals surface area contributed by atoms with Gasteiger partial charge in [0.15, 0.2) is 0 Å². The number of hydrogen-bond donors (Lipinski definition) is 1. The van der Waals surface area contributed by atoms with Crippen molar-refractivity contribution in [3.8, 4) is 0 Å². The molecule has 1 aliphatic rings. The van der Waals surface area contributed by atoms with E-state index in [2.05, 4.69) is 28.4 Å². The first-order chi connectivity index (χ1) is 11.1. The lowest BCUT2D eigenvalue weighted by molar-refractivity contribution is 0.195. The fourth-order valence-electron chi connectivity index (χ4n) is 3.28. The highest BCUT2D eigenvalue weighted by atomic mass is 19.1. The summed E-state index contributed by atoms with van der Waals surface area (Å²) >= 11 is 0. The molecule has 0 radical (unpaired) electrons. The van der Waals surface area contributed by atoms with Crippen molar-refractivity contribution < 1.29 is 8.78 Å². The molecule has 23 heavy (non-hydrogen) atoms. The van der Waals surface area contributed by atoms with E-state index in [1.165, 1.54) is 6.07 Å². The molecular formula is C19H22F2N2. The molecule has 1 unspecified atom stereocenters. The van der Waals surface area contributed by atoms with E-state index >= 15 is 0 Å². The van der Waals surface area contributed by atoms with Gasteiger partial charge in [0.2, 0.25) is 0 Å². The minimum Gasteiger partial charge on any atom is -0.314 e. The number of benzene rings is 2. The number of aryl methyl sites for hydroxylation is 2. The predicted molar refractivity (Wildman–Crippen MR) is 88.6 cm³/mol. The second kappa shape index (κ2) is 6.77. The number of rotatable bonds is 3. The fourth-order valence-corrected chi connectivity index (χ4v) is 3.28. The van der Waals surface area contributed by atoms with Crippen LogP contribution in [0.1, 0.15) is 28.3 Å². The molecule has 1 saturated heterocycles. The van der Waals surface area contributed by atoms with Crippen LogP contribution in [-0.4, -0.2) is 31.1 Å². The minimum absolute atomic E-state index is 0.183. The summed E-state index contributed by atoms with van der Waals surface area (Å²) in [5.41, 5.74) is 3.91. The summed E-state index contributed by atoms with van der Waals surface area (Å²) in [5, 5.41) is 3.33. The fraction of sp³-hybridized carbons (Fsp3) is 0.368. The summed E-state index contributed by atoms with van der Waals surface area (Å²) in [6.45, 7) is 7.53. The Hall–Kier alpha value is -1.78. The quantitative estimate of drug-likeness (QED) is 0.931. The molecule has 2 aromatic carbocycles. The number of nitrogens with zero attached hydrogens (tertiary/aromatic N) is 1. The van der Waals surface area contributed by atoms with Gasteiger partial charge in [0, 0.05) is 37.8 Å². The molecule has 1 fully saturated rings. The van der Waals surface area contributed by atoms with Gasteiger partial charge in [-0.15, -0.1) is 0 Å². The van der Waals surface area contributed by atoms with Crippen LogP contribution < -0.4 is 5.32 Å². The van der Waals surface area contributed by atoms with Crippen molar-refractivity contribution in [2.24, 2.45) is 0 Å². The zero-order valence-corrected chi connectivity index (χ0v) is 13.6. The van der Waals surface area contributed by atoms with Gasteiger partial charge in [0.05, 0.1) is 6.04 Å². The number of piperazine rings is 1. The van der Waals surface area contributed by atoms with Crippen molar-refractivity contribution in [2.75, 3.05) is 26.2 Å². The summed E-state index contributed by atoms with van der Waals surface area (Å²) in [7, 11) is 0. The van der Waals surface area contributed by atoms with Gasteiger partial charge in [-0.25, -0.2) is 8.78 Å². The second-order valence-corrected chi connectivity index (χ2v) is 6.21. The van der Waals surface area contributed by atoms with E-state index in [1.807, 2.05) is 13.8 Å². The monoisotopic (exact) mass is 316 g/mol. The lowest BCUT2D eigenvalue weighted by atomic mass is 9.91. The highest BCUT2D eigenvalue weighted by Gasteiger charge is 2.27. The van der Waals surface area contributed by atoms with Gasteiger partial charge in [-0.3, -0.25) is 4.90 Å². The summed E-state index contributed by atoms with van der Waals surface area (Å²) in [5.74, 6) is -1.01. The van der Waals surface area contributed by atoms with Gasteiger partial charge < -0.3 is 5.32 Å². The van der Waals surface area contributed by atoms with Crippen LogP contribution in [0.15, 0.2) is 36.4 Å². The topological polar surface area (TPSA) is 15.3 Å². The van der Waals surface area contributed by atoms with Gasteiger partial charge in [0.1, 0.15) is 11.6 Å². The second-order valence-electron chi connectivity index (χ2n) is 6.21. The molecule has 0 saturated carbocycles. The first-order valence-electron chi connectivity index (χ1n) is 8.03. The smallest absolute Gasteiger partial charge is 0.131 e. The van der Waals surface area contributed by atoms with E-state index in [0.717, 1.165) is 48.9 Å². The van der Waals surface area contributed by atoms with Gasteiger partial charge in [-0.1, -0.05) is 29.8 Å². The van der Waals surface area contributed by atoms with Gasteiger partial charge >= 0.3 is 0 Å². The Bertz CT molecular complexity index is 694. The lowest BCUT2D eigenvalue weighted by Gasteiger charge is -2.36. The van der Waals surface area contributed by atoms with Crippen LogP contribution in [0.25, 0.3) is 0 Å². The van der Waals surface area contributed by atoms with E-state index in [4.69, 9.17) is 0 Å². The van der Waals surface area contributed by atoms with E-state index in [1.54, 1.807) is 6.07 Å². The maximum atomic E-state index is 14.5. The van der Waals surface area contributed by atoms with Crippen LogP contribution >= 0.6 is 0 Å². The van der Waals surface area contributed by atoms with Crippen LogP contribution in [0.2, 0.25) is 0 Å². The van der Waals surface area contributed by atoms with Crippen LogP contribution in [0.5, 0.6) is 0 Å². The van der Waals surface area contributed by atoms with Gasteiger partial charge in [0.25, 0.3) is 0 Å². The molecule has 3 rings (SSSR count). The molecule has 1 aliphatic heterocycles. The number of halogens is 2. The number of hydrogen-bond acceptors (Lipinski definition) is 2. The van der Waals surface area contributed by atoms with Gasteiger partial charge in [-0.05, 0) is 31.0 Å². The summed E-state index contributed by atoms with van der Waals surface area (Å²) in [6, 6.07) is 9.98. The van der Waals surface area contributed by atoms with E-state index in [-0.39, 0.29) is 6.04 Å². The number of nitrogens with one attached hydrogen (secondary N) is 1. The van der Waals surface area contributed by atoms with Crippen molar-refractivity contribution >= 4 is 0 Å². The summed E-state index contributed by atoms with van der Waals surface area (Å²) in [6.07, 6.45) is 0. The lowest BCUT2D eigenvalue weighted by Crippen LogP contribution is -2.45. The molecule has 2 nitrogen and oxygen atoms in total.